The predicted molar refractivity (Wildman–Crippen MR) is 85.1 cm³/mol. The molecule has 0 saturated carbocycles. The molecular weight excluding hydrogens is 260 g/mol. The molecule has 0 fully saturated rings. The lowest BCUT2D eigenvalue weighted by Gasteiger charge is -2.14. The molecule has 0 bridgehead atoms. The fourth-order valence-corrected chi connectivity index (χ4v) is 2.64. The SMILES string of the molecule is CCCCn1c(C(O)c2ccccc2)nc2ccccc21. The molecule has 1 unspecified atom stereocenters. The Labute approximate surface area is 124 Å². The van der Waals surface area contributed by atoms with Crippen molar-refractivity contribution in [3.05, 3.63) is 66.0 Å². The number of fused-ring (bicyclic) bond motifs is 1. The molecule has 0 amide bonds. The third-order valence-corrected chi connectivity index (χ3v) is 3.78. The van der Waals surface area contributed by atoms with Crippen LogP contribution in [-0.4, -0.2) is 14.7 Å². The summed E-state index contributed by atoms with van der Waals surface area (Å²) >= 11 is 0. The minimum atomic E-state index is -0.685. The summed E-state index contributed by atoms with van der Waals surface area (Å²) in [5.41, 5.74) is 2.92. The molecule has 0 aliphatic rings. The fraction of sp³-hybridized carbons (Fsp3) is 0.278. The summed E-state index contributed by atoms with van der Waals surface area (Å²) in [6.45, 7) is 3.06. The van der Waals surface area contributed by atoms with Gasteiger partial charge in [0.2, 0.25) is 0 Å². The zero-order valence-electron chi connectivity index (χ0n) is 12.2. The van der Waals surface area contributed by atoms with E-state index in [1.165, 1.54) is 0 Å². The Bertz CT molecular complexity index is 718. The van der Waals surface area contributed by atoms with E-state index in [0.717, 1.165) is 41.8 Å². The van der Waals surface area contributed by atoms with Crippen LogP contribution in [-0.2, 0) is 6.54 Å². The first-order chi connectivity index (χ1) is 10.3. The lowest BCUT2D eigenvalue weighted by Crippen LogP contribution is -2.10. The number of para-hydroxylation sites is 2. The molecule has 1 heterocycles. The number of aliphatic hydroxyl groups excluding tert-OH is 1. The summed E-state index contributed by atoms with van der Waals surface area (Å²) in [7, 11) is 0. The van der Waals surface area contributed by atoms with E-state index in [1.807, 2.05) is 48.5 Å². The number of hydrogen-bond acceptors (Lipinski definition) is 2. The number of aliphatic hydroxyl groups is 1. The van der Waals surface area contributed by atoms with Crippen molar-refractivity contribution in [2.75, 3.05) is 0 Å². The van der Waals surface area contributed by atoms with Crippen LogP contribution >= 0.6 is 0 Å². The molecule has 1 aromatic heterocycles. The largest absolute Gasteiger partial charge is 0.380 e. The van der Waals surface area contributed by atoms with E-state index >= 15 is 0 Å². The van der Waals surface area contributed by atoms with Crippen LogP contribution in [0.15, 0.2) is 54.6 Å². The average Bonchev–Trinajstić information content (AvgIpc) is 2.91. The number of rotatable bonds is 5. The summed E-state index contributed by atoms with van der Waals surface area (Å²) in [5.74, 6) is 0.732. The maximum Gasteiger partial charge on any atom is 0.143 e. The molecule has 0 aliphatic carbocycles. The summed E-state index contributed by atoms with van der Waals surface area (Å²) in [4.78, 5) is 4.65. The first-order valence-corrected chi connectivity index (χ1v) is 7.49. The van der Waals surface area contributed by atoms with Crippen LogP contribution in [0.4, 0.5) is 0 Å². The third kappa shape index (κ3) is 2.69. The molecule has 1 atom stereocenters. The smallest absolute Gasteiger partial charge is 0.143 e. The maximum absolute atomic E-state index is 10.7. The molecule has 108 valence electrons. The van der Waals surface area contributed by atoms with Gasteiger partial charge >= 0.3 is 0 Å². The summed E-state index contributed by atoms with van der Waals surface area (Å²) < 4.78 is 2.15. The van der Waals surface area contributed by atoms with Crippen molar-refractivity contribution < 1.29 is 5.11 Å². The monoisotopic (exact) mass is 280 g/mol. The van der Waals surface area contributed by atoms with Crippen molar-refractivity contribution in [3.63, 3.8) is 0 Å². The molecule has 3 aromatic rings. The van der Waals surface area contributed by atoms with Gasteiger partial charge < -0.3 is 9.67 Å². The highest BCUT2D eigenvalue weighted by Crippen LogP contribution is 2.26. The van der Waals surface area contributed by atoms with Crippen molar-refractivity contribution in [3.8, 4) is 0 Å². The number of imidazole rings is 1. The Hall–Kier alpha value is -2.13. The Kier molecular flexibility index (Phi) is 4.02. The van der Waals surface area contributed by atoms with Crippen LogP contribution in [0.5, 0.6) is 0 Å². The van der Waals surface area contributed by atoms with Crippen molar-refractivity contribution in [2.45, 2.75) is 32.4 Å². The molecule has 2 aromatic carbocycles. The van der Waals surface area contributed by atoms with E-state index in [-0.39, 0.29) is 0 Å². The van der Waals surface area contributed by atoms with Gasteiger partial charge in [-0.25, -0.2) is 4.98 Å². The number of hydrogen-bond donors (Lipinski definition) is 1. The Morgan fingerprint density at radius 1 is 1.05 bits per heavy atom. The highest BCUT2D eigenvalue weighted by atomic mass is 16.3. The number of unbranched alkanes of at least 4 members (excludes halogenated alkanes) is 1. The van der Waals surface area contributed by atoms with Gasteiger partial charge in [0.1, 0.15) is 11.9 Å². The van der Waals surface area contributed by atoms with E-state index in [2.05, 4.69) is 22.5 Å². The maximum atomic E-state index is 10.7. The Balaban J connectivity index is 2.08. The van der Waals surface area contributed by atoms with Crippen molar-refractivity contribution in [1.82, 2.24) is 9.55 Å². The summed E-state index contributed by atoms with van der Waals surface area (Å²) in [5, 5.41) is 10.7. The van der Waals surface area contributed by atoms with Gasteiger partial charge in [-0.2, -0.15) is 0 Å². The second kappa shape index (κ2) is 6.10. The normalized spacial score (nSPS) is 12.7. The standard InChI is InChI=1S/C18H20N2O/c1-2-3-13-20-16-12-8-7-11-15(16)19-18(20)17(21)14-9-5-4-6-10-14/h4-12,17,21H,2-3,13H2,1H3. The van der Waals surface area contributed by atoms with Crippen LogP contribution < -0.4 is 0 Å². The molecular formula is C18H20N2O. The second-order valence-corrected chi connectivity index (χ2v) is 5.28. The molecule has 0 aliphatic heterocycles. The van der Waals surface area contributed by atoms with E-state index in [9.17, 15) is 5.11 Å². The first kappa shape index (κ1) is 13.8. The topological polar surface area (TPSA) is 38.0 Å². The number of aryl methyl sites for hydroxylation is 1. The first-order valence-electron chi connectivity index (χ1n) is 7.49. The average molecular weight is 280 g/mol. The van der Waals surface area contributed by atoms with Crippen molar-refractivity contribution in [1.29, 1.82) is 0 Å². The van der Waals surface area contributed by atoms with Crippen LogP contribution in [0.2, 0.25) is 0 Å². The Morgan fingerprint density at radius 2 is 1.76 bits per heavy atom. The minimum Gasteiger partial charge on any atom is -0.380 e. The van der Waals surface area contributed by atoms with Gasteiger partial charge in [-0.15, -0.1) is 0 Å². The lowest BCUT2D eigenvalue weighted by atomic mass is 10.1. The fourth-order valence-electron chi connectivity index (χ4n) is 2.64. The van der Waals surface area contributed by atoms with Crippen LogP contribution in [0, 0.1) is 0 Å². The second-order valence-electron chi connectivity index (χ2n) is 5.28. The van der Waals surface area contributed by atoms with Gasteiger partial charge in [-0.05, 0) is 24.1 Å². The molecule has 3 heteroatoms. The van der Waals surface area contributed by atoms with Crippen molar-refractivity contribution in [2.24, 2.45) is 0 Å². The molecule has 21 heavy (non-hydrogen) atoms. The molecule has 3 nitrogen and oxygen atoms in total. The molecule has 0 spiro atoms. The van der Waals surface area contributed by atoms with Crippen LogP contribution in [0.1, 0.15) is 37.3 Å². The molecule has 0 saturated heterocycles. The van der Waals surface area contributed by atoms with Gasteiger partial charge in [-0.1, -0.05) is 55.8 Å². The highest BCUT2D eigenvalue weighted by molar-refractivity contribution is 5.76. The zero-order chi connectivity index (χ0) is 14.7. The lowest BCUT2D eigenvalue weighted by molar-refractivity contribution is 0.205. The van der Waals surface area contributed by atoms with Crippen LogP contribution in [0.25, 0.3) is 11.0 Å². The Morgan fingerprint density at radius 3 is 2.52 bits per heavy atom. The molecule has 1 N–H and O–H groups in total. The summed E-state index contributed by atoms with van der Waals surface area (Å²) in [6, 6.07) is 17.8. The molecule has 0 radical (unpaired) electrons. The van der Waals surface area contributed by atoms with E-state index < -0.39 is 6.10 Å². The van der Waals surface area contributed by atoms with E-state index in [0.29, 0.717) is 0 Å². The van der Waals surface area contributed by atoms with Gasteiger partial charge in [0.05, 0.1) is 11.0 Å². The zero-order valence-corrected chi connectivity index (χ0v) is 12.2. The number of benzene rings is 2. The van der Waals surface area contributed by atoms with E-state index in [4.69, 9.17) is 0 Å². The molecule has 3 rings (SSSR count). The quantitative estimate of drug-likeness (QED) is 0.769. The van der Waals surface area contributed by atoms with Gasteiger partial charge in [-0.3, -0.25) is 0 Å². The third-order valence-electron chi connectivity index (χ3n) is 3.78. The number of nitrogens with zero attached hydrogens (tertiary/aromatic N) is 2. The minimum absolute atomic E-state index is 0.685. The van der Waals surface area contributed by atoms with Crippen molar-refractivity contribution >= 4 is 11.0 Å². The number of aromatic nitrogens is 2. The van der Waals surface area contributed by atoms with E-state index in [1.54, 1.807) is 0 Å². The van der Waals surface area contributed by atoms with Gasteiger partial charge in [0, 0.05) is 6.54 Å². The van der Waals surface area contributed by atoms with Crippen LogP contribution in [0.3, 0.4) is 0 Å². The summed E-state index contributed by atoms with van der Waals surface area (Å²) in [6.07, 6.45) is 1.51. The highest BCUT2D eigenvalue weighted by Gasteiger charge is 2.19. The van der Waals surface area contributed by atoms with Gasteiger partial charge in [0.15, 0.2) is 0 Å². The predicted octanol–water partition coefficient (Wildman–Crippen LogP) is 3.92. The van der Waals surface area contributed by atoms with Gasteiger partial charge in [0.25, 0.3) is 0 Å².